The molecule has 1 unspecified atom stereocenters. The van der Waals surface area contributed by atoms with Gasteiger partial charge in [-0.25, -0.2) is 4.79 Å². The van der Waals surface area contributed by atoms with Crippen molar-refractivity contribution in [3.63, 3.8) is 0 Å². The van der Waals surface area contributed by atoms with E-state index in [1.807, 2.05) is 30.3 Å². The first-order valence-corrected chi connectivity index (χ1v) is 7.42. The Labute approximate surface area is 134 Å². The van der Waals surface area contributed by atoms with Gasteiger partial charge in [0.25, 0.3) is 5.91 Å². The van der Waals surface area contributed by atoms with Gasteiger partial charge >= 0.3 is 6.09 Å². The van der Waals surface area contributed by atoms with E-state index in [4.69, 9.17) is 9.47 Å². The monoisotopic (exact) mass is 320 g/mol. The average Bonchev–Trinajstić information content (AvgIpc) is 2.56. The minimum absolute atomic E-state index is 0.125. The Morgan fingerprint density at radius 3 is 2.74 bits per heavy atom. The van der Waals surface area contributed by atoms with E-state index < -0.39 is 18.0 Å². The number of rotatable bonds is 6. The molecule has 7 heteroatoms. The lowest BCUT2D eigenvalue weighted by Gasteiger charge is -2.30. The number of hydrogen-bond acceptors (Lipinski definition) is 5. The highest BCUT2D eigenvalue weighted by atomic mass is 16.5. The molecule has 0 bridgehead atoms. The van der Waals surface area contributed by atoms with Crippen LogP contribution in [0.1, 0.15) is 18.4 Å². The van der Waals surface area contributed by atoms with Crippen LogP contribution in [0, 0.1) is 0 Å². The first kappa shape index (κ1) is 17.0. The number of likely N-dealkylation sites (tertiary alicyclic amines) is 1. The van der Waals surface area contributed by atoms with E-state index in [0.29, 0.717) is 0 Å². The van der Waals surface area contributed by atoms with Crippen LogP contribution in [0.2, 0.25) is 0 Å². The number of carbonyl (C=O) groups is 3. The van der Waals surface area contributed by atoms with Crippen LogP contribution in [0.25, 0.3) is 0 Å². The van der Waals surface area contributed by atoms with E-state index in [0.717, 1.165) is 10.5 Å². The van der Waals surface area contributed by atoms with E-state index in [-0.39, 0.29) is 38.5 Å². The molecule has 0 saturated carbocycles. The second kappa shape index (κ2) is 8.28. The Bertz CT molecular complexity index is 561. The van der Waals surface area contributed by atoms with Gasteiger partial charge in [0.15, 0.2) is 0 Å². The maximum atomic E-state index is 12.2. The van der Waals surface area contributed by atoms with Crippen LogP contribution >= 0.6 is 0 Å². The van der Waals surface area contributed by atoms with Crippen LogP contribution in [0.4, 0.5) is 4.79 Å². The maximum Gasteiger partial charge on any atom is 0.408 e. The van der Waals surface area contributed by atoms with Crippen molar-refractivity contribution in [2.45, 2.75) is 25.5 Å². The zero-order valence-electron chi connectivity index (χ0n) is 13.0. The zero-order valence-corrected chi connectivity index (χ0v) is 13.0. The summed E-state index contributed by atoms with van der Waals surface area (Å²) in [6.45, 7) is 0.577. The molecule has 0 spiro atoms. The number of carbonyl (C=O) groups excluding carboxylic acids is 3. The summed E-state index contributed by atoms with van der Waals surface area (Å²) >= 11 is 0. The van der Waals surface area contributed by atoms with Gasteiger partial charge in [0.1, 0.15) is 12.6 Å². The van der Waals surface area contributed by atoms with E-state index >= 15 is 0 Å². The summed E-state index contributed by atoms with van der Waals surface area (Å²) in [5.41, 5.74) is 0.856. The van der Waals surface area contributed by atoms with E-state index in [2.05, 4.69) is 5.32 Å². The van der Waals surface area contributed by atoms with Crippen molar-refractivity contribution in [2.24, 2.45) is 0 Å². The van der Waals surface area contributed by atoms with Crippen molar-refractivity contribution in [1.82, 2.24) is 10.2 Å². The van der Waals surface area contributed by atoms with Crippen molar-refractivity contribution in [3.8, 4) is 0 Å². The molecule has 1 aliphatic rings. The van der Waals surface area contributed by atoms with E-state index in [1.165, 1.54) is 7.11 Å². The molecule has 0 aromatic heterocycles. The number of benzene rings is 1. The molecule has 3 amide bonds. The molecule has 1 saturated heterocycles. The zero-order chi connectivity index (χ0) is 16.7. The Morgan fingerprint density at radius 1 is 1.30 bits per heavy atom. The number of piperidine rings is 1. The number of nitrogens with one attached hydrogen (secondary N) is 1. The highest BCUT2D eigenvalue weighted by molar-refractivity contribution is 6.01. The van der Waals surface area contributed by atoms with Crippen molar-refractivity contribution >= 4 is 17.9 Å². The Kier molecular flexibility index (Phi) is 6.10. The number of nitrogens with zero attached hydrogens (tertiary/aromatic N) is 1. The van der Waals surface area contributed by atoms with Gasteiger partial charge < -0.3 is 14.8 Å². The highest BCUT2D eigenvalue weighted by Crippen LogP contribution is 2.13. The molecule has 23 heavy (non-hydrogen) atoms. The minimum Gasteiger partial charge on any atom is -0.445 e. The van der Waals surface area contributed by atoms with Crippen molar-refractivity contribution in [3.05, 3.63) is 35.9 Å². The summed E-state index contributed by atoms with van der Waals surface area (Å²) < 4.78 is 9.98. The fourth-order valence-corrected chi connectivity index (χ4v) is 2.30. The van der Waals surface area contributed by atoms with Crippen molar-refractivity contribution in [1.29, 1.82) is 0 Å². The number of ether oxygens (including phenoxy) is 2. The first-order valence-electron chi connectivity index (χ1n) is 7.42. The van der Waals surface area contributed by atoms with Gasteiger partial charge in [0, 0.05) is 13.5 Å². The molecule has 7 nitrogen and oxygen atoms in total. The molecule has 1 fully saturated rings. The predicted octanol–water partition coefficient (Wildman–Crippen LogP) is 1.08. The van der Waals surface area contributed by atoms with Crippen molar-refractivity contribution < 1.29 is 23.9 Å². The predicted molar refractivity (Wildman–Crippen MR) is 81.4 cm³/mol. The summed E-state index contributed by atoms with van der Waals surface area (Å²) in [7, 11) is 1.50. The molecule has 0 radical (unpaired) electrons. The topological polar surface area (TPSA) is 84.9 Å². The highest BCUT2D eigenvalue weighted by Gasteiger charge is 2.35. The largest absolute Gasteiger partial charge is 0.445 e. The van der Waals surface area contributed by atoms with Gasteiger partial charge in [-0.15, -0.1) is 0 Å². The molecule has 1 atom stereocenters. The van der Waals surface area contributed by atoms with Gasteiger partial charge in [0.2, 0.25) is 5.91 Å². The van der Waals surface area contributed by atoms with Gasteiger partial charge in [-0.3, -0.25) is 14.5 Å². The Morgan fingerprint density at radius 2 is 2.04 bits per heavy atom. The quantitative estimate of drug-likeness (QED) is 0.793. The molecule has 1 aromatic rings. The van der Waals surface area contributed by atoms with Gasteiger partial charge in [-0.2, -0.15) is 0 Å². The first-order chi connectivity index (χ1) is 11.1. The van der Waals surface area contributed by atoms with Gasteiger partial charge in [-0.05, 0) is 12.0 Å². The summed E-state index contributed by atoms with van der Waals surface area (Å²) in [6, 6.07) is 8.50. The third-order valence-electron chi connectivity index (χ3n) is 3.54. The van der Waals surface area contributed by atoms with Crippen LogP contribution < -0.4 is 5.32 Å². The third kappa shape index (κ3) is 4.79. The summed E-state index contributed by atoms with van der Waals surface area (Å²) in [4.78, 5) is 36.9. The Balaban J connectivity index is 1.85. The number of alkyl carbamates (subject to hydrolysis) is 1. The fourth-order valence-electron chi connectivity index (χ4n) is 2.30. The fraction of sp³-hybridized carbons (Fsp3) is 0.438. The normalized spacial score (nSPS) is 18.0. The molecule has 0 aliphatic carbocycles. The Hall–Kier alpha value is -2.41. The van der Waals surface area contributed by atoms with Gasteiger partial charge in [-0.1, -0.05) is 30.3 Å². The maximum absolute atomic E-state index is 12.2. The summed E-state index contributed by atoms with van der Waals surface area (Å²) in [5, 5.41) is 2.52. The number of imide groups is 1. The third-order valence-corrected chi connectivity index (χ3v) is 3.54. The second-order valence-corrected chi connectivity index (χ2v) is 5.17. The molecule has 1 heterocycles. The molecular formula is C16H20N2O5. The number of methoxy groups -OCH3 is 1. The lowest BCUT2D eigenvalue weighted by molar-refractivity contribution is -0.150. The second-order valence-electron chi connectivity index (χ2n) is 5.17. The lowest BCUT2D eigenvalue weighted by atomic mass is 10.0. The molecule has 1 aromatic carbocycles. The van der Waals surface area contributed by atoms with Crippen LogP contribution in [0.15, 0.2) is 30.3 Å². The van der Waals surface area contributed by atoms with Gasteiger partial charge in [0.05, 0.1) is 13.2 Å². The minimum atomic E-state index is -0.743. The van der Waals surface area contributed by atoms with Crippen molar-refractivity contribution in [2.75, 3.05) is 20.3 Å². The number of hydrogen-bond donors (Lipinski definition) is 1. The molecular weight excluding hydrogens is 300 g/mol. The van der Waals surface area contributed by atoms with Crippen LogP contribution in [0.5, 0.6) is 0 Å². The lowest BCUT2D eigenvalue weighted by Crippen LogP contribution is -2.55. The number of amides is 3. The standard InChI is InChI=1S/C16H20N2O5/c1-22-10-9-18-14(19)8-7-13(15(18)20)17-16(21)23-11-12-5-3-2-4-6-12/h2-6,13H,7-11H2,1H3,(H,17,21). The molecule has 1 N–H and O–H groups in total. The molecule has 2 rings (SSSR count). The average molecular weight is 320 g/mol. The molecule has 124 valence electrons. The van der Waals surface area contributed by atoms with Crippen LogP contribution in [0.3, 0.4) is 0 Å². The summed E-state index contributed by atoms with van der Waals surface area (Å²) in [5.74, 6) is -0.669. The van der Waals surface area contributed by atoms with E-state index in [9.17, 15) is 14.4 Å². The van der Waals surface area contributed by atoms with Crippen LogP contribution in [-0.2, 0) is 25.7 Å². The van der Waals surface area contributed by atoms with E-state index in [1.54, 1.807) is 0 Å². The van der Waals surface area contributed by atoms with Crippen LogP contribution in [-0.4, -0.2) is 49.1 Å². The molecule has 1 aliphatic heterocycles. The smallest absolute Gasteiger partial charge is 0.408 e. The summed E-state index contributed by atoms with van der Waals surface area (Å²) in [6.07, 6.45) is -0.186. The SMILES string of the molecule is COCCN1C(=O)CCC(NC(=O)OCc2ccccc2)C1=O.